The number of hydrogen-bond donors (Lipinski definition) is 2. The van der Waals surface area contributed by atoms with Crippen molar-refractivity contribution in [2.24, 2.45) is 0 Å². The second kappa shape index (κ2) is 6.85. The van der Waals surface area contributed by atoms with Gasteiger partial charge < -0.3 is 15.1 Å². The minimum atomic E-state index is -1.20. The monoisotopic (exact) mass is 356 g/mol. The van der Waals surface area contributed by atoms with E-state index in [-0.39, 0.29) is 19.1 Å². The van der Waals surface area contributed by atoms with Gasteiger partial charge in [-0.15, -0.1) is 0 Å². The molecule has 5 nitrogen and oxygen atoms in total. The van der Waals surface area contributed by atoms with E-state index in [2.05, 4.69) is 0 Å². The van der Waals surface area contributed by atoms with Crippen LogP contribution in [0.4, 0.5) is 0 Å². The van der Waals surface area contributed by atoms with Gasteiger partial charge in [0, 0.05) is 12.1 Å². The van der Waals surface area contributed by atoms with Crippen LogP contribution in [0.3, 0.4) is 0 Å². The molecule has 2 N–H and O–H groups in total. The molecular weight excluding hydrogens is 340 g/mol. The van der Waals surface area contributed by atoms with Crippen LogP contribution < -0.4 is 0 Å². The van der Waals surface area contributed by atoms with Crippen LogP contribution in [0.1, 0.15) is 22.3 Å². The minimum Gasteiger partial charge on any atom is -0.393 e. The molecule has 1 heterocycles. The fraction of sp³-hybridized carbons (Fsp3) is 0.263. The van der Waals surface area contributed by atoms with Gasteiger partial charge in [0.15, 0.2) is 0 Å². The van der Waals surface area contributed by atoms with Crippen LogP contribution in [0.5, 0.6) is 0 Å². The Balaban J connectivity index is 1.78. The summed E-state index contributed by atoms with van der Waals surface area (Å²) in [4.78, 5) is 14.1. The quantitative estimate of drug-likeness (QED) is 0.884. The fourth-order valence-corrected chi connectivity index (χ4v) is 3.15. The van der Waals surface area contributed by atoms with Gasteiger partial charge >= 0.3 is 0 Å². The summed E-state index contributed by atoms with van der Waals surface area (Å²) in [5.74, 6) is -0.172. The van der Waals surface area contributed by atoms with Crippen LogP contribution >= 0.6 is 11.6 Å². The van der Waals surface area contributed by atoms with Crippen LogP contribution in [0.15, 0.2) is 42.5 Å². The van der Waals surface area contributed by atoms with Gasteiger partial charge in [-0.25, -0.2) is 0 Å². The number of amides is 1. The van der Waals surface area contributed by atoms with E-state index in [1.807, 2.05) is 24.3 Å². The van der Waals surface area contributed by atoms with Gasteiger partial charge in [0.2, 0.25) is 0 Å². The van der Waals surface area contributed by atoms with Gasteiger partial charge in [0.25, 0.3) is 5.91 Å². The zero-order valence-electron chi connectivity index (χ0n) is 13.4. The highest BCUT2D eigenvalue weighted by Gasteiger charge is 2.37. The topological polar surface area (TPSA) is 84.6 Å². The first-order chi connectivity index (χ1) is 12.0. The van der Waals surface area contributed by atoms with E-state index >= 15 is 0 Å². The third-order valence-electron chi connectivity index (χ3n) is 4.47. The number of benzene rings is 2. The summed E-state index contributed by atoms with van der Waals surface area (Å²) in [6, 6.07) is 14.3. The molecule has 0 aromatic heterocycles. The van der Waals surface area contributed by atoms with Crippen molar-refractivity contribution < 1.29 is 15.0 Å². The molecule has 1 unspecified atom stereocenters. The van der Waals surface area contributed by atoms with Crippen LogP contribution in [0, 0.1) is 11.3 Å². The van der Waals surface area contributed by atoms with E-state index in [4.69, 9.17) is 16.9 Å². The molecule has 0 bridgehead atoms. The molecule has 2 aromatic carbocycles. The Morgan fingerprint density at radius 1 is 1.24 bits per heavy atom. The Bertz CT molecular complexity index is 845. The average molecular weight is 357 g/mol. The van der Waals surface area contributed by atoms with Crippen molar-refractivity contribution in [2.75, 3.05) is 19.7 Å². The highest BCUT2D eigenvalue weighted by molar-refractivity contribution is 6.32. The van der Waals surface area contributed by atoms with Crippen molar-refractivity contribution in [3.05, 3.63) is 58.6 Å². The van der Waals surface area contributed by atoms with E-state index in [1.165, 1.54) is 0 Å². The molecule has 1 aliphatic heterocycles. The van der Waals surface area contributed by atoms with Crippen LogP contribution in [0.25, 0.3) is 11.1 Å². The largest absolute Gasteiger partial charge is 0.393 e. The van der Waals surface area contributed by atoms with Crippen molar-refractivity contribution in [2.45, 2.75) is 12.0 Å². The second-order valence-corrected chi connectivity index (χ2v) is 6.65. The van der Waals surface area contributed by atoms with Gasteiger partial charge in [-0.05, 0) is 41.8 Å². The average Bonchev–Trinajstić information content (AvgIpc) is 3.04. The molecular formula is C19H17ClN2O3. The summed E-state index contributed by atoms with van der Waals surface area (Å²) in [5.41, 5.74) is 1.48. The first kappa shape index (κ1) is 17.4. The SMILES string of the molecule is N#Cc1ccc(-c2ccc(C(=O)N3CCC(O)(CO)C3)cc2)cc1Cl. The zero-order valence-corrected chi connectivity index (χ0v) is 14.2. The maximum absolute atomic E-state index is 12.5. The number of hydrogen-bond acceptors (Lipinski definition) is 4. The molecule has 1 atom stereocenters. The smallest absolute Gasteiger partial charge is 0.253 e. The summed E-state index contributed by atoms with van der Waals surface area (Å²) in [7, 11) is 0. The summed E-state index contributed by atoms with van der Waals surface area (Å²) in [6.45, 7) is 0.202. The number of likely N-dealkylation sites (tertiary alicyclic amines) is 1. The van der Waals surface area contributed by atoms with Crippen molar-refractivity contribution in [1.29, 1.82) is 5.26 Å². The maximum atomic E-state index is 12.5. The number of halogens is 1. The number of aliphatic hydroxyl groups excluding tert-OH is 1. The molecule has 6 heteroatoms. The predicted octanol–water partition coefficient (Wildman–Crippen LogP) is 2.45. The lowest BCUT2D eigenvalue weighted by Crippen LogP contribution is -2.38. The molecule has 25 heavy (non-hydrogen) atoms. The lowest BCUT2D eigenvalue weighted by Gasteiger charge is -2.21. The molecule has 3 rings (SSSR count). The number of carbonyl (C=O) groups is 1. The molecule has 1 aliphatic rings. The minimum absolute atomic E-state index is 0.134. The van der Waals surface area contributed by atoms with Crippen LogP contribution in [0.2, 0.25) is 5.02 Å². The first-order valence-electron chi connectivity index (χ1n) is 7.88. The Kier molecular flexibility index (Phi) is 4.78. The van der Waals surface area contributed by atoms with E-state index in [0.29, 0.717) is 29.1 Å². The Morgan fingerprint density at radius 3 is 2.48 bits per heavy atom. The molecule has 1 amide bonds. The van der Waals surface area contributed by atoms with Gasteiger partial charge in [-0.3, -0.25) is 4.79 Å². The third-order valence-corrected chi connectivity index (χ3v) is 4.78. The summed E-state index contributed by atoms with van der Waals surface area (Å²) < 4.78 is 0. The Hall–Kier alpha value is -2.39. The fourth-order valence-electron chi connectivity index (χ4n) is 2.93. The summed E-state index contributed by atoms with van der Waals surface area (Å²) in [5, 5.41) is 28.6. The highest BCUT2D eigenvalue weighted by Crippen LogP contribution is 2.27. The molecule has 0 aliphatic carbocycles. The number of nitriles is 1. The lowest BCUT2D eigenvalue weighted by molar-refractivity contribution is -0.00455. The second-order valence-electron chi connectivity index (χ2n) is 6.24. The van der Waals surface area contributed by atoms with Crippen molar-refractivity contribution in [3.63, 3.8) is 0 Å². The number of nitrogens with zero attached hydrogens (tertiary/aromatic N) is 2. The van der Waals surface area contributed by atoms with E-state index in [0.717, 1.165) is 11.1 Å². The first-order valence-corrected chi connectivity index (χ1v) is 8.26. The van der Waals surface area contributed by atoms with E-state index in [9.17, 15) is 15.0 Å². The van der Waals surface area contributed by atoms with Crippen molar-refractivity contribution >= 4 is 17.5 Å². The third kappa shape index (κ3) is 3.52. The zero-order chi connectivity index (χ0) is 18.0. The number of carbonyl (C=O) groups excluding carboxylic acids is 1. The molecule has 1 saturated heterocycles. The Morgan fingerprint density at radius 2 is 1.92 bits per heavy atom. The van der Waals surface area contributed by atoms with Gasteiger partial charge in [-0.2, -0.15) is 5.26 Å². The number of aliphatic hydroxyl groups is 2. The standard InChI is InChI=1S/C19H17ClN2O3/c20-17-9-15(5-6-16(17)10-21)13-1-3-14(4-2-13)18(24)22-8-7-19(25,11-22)12-23/h1-6,9,23,25H,7-8,11-12H2. The number of β-amino-alcohol motifs (C(OH)–C–C–N with tert-alkyl or cyclic N) is 1. The predicted molar refractivity (Wildman–Crippen MR) is 94.2 cm³/mol. The Labute approximate surface area is 150 Å². The molecule has 0 radical (unpaired) electrons. The van der Waals surface area contributed by atoms with Crippen LogP contribution in [-0.4, -0.2) is 46.3 Å². The molecule has 128 valence electrons. The lowest BCUT2D eigenvalue weighted by atomic mass is 10.0. The van der Waals surface area contributed by atoms with E-state index < -0.39 is 5.60 Å². The summed E-state index contributed by atoms with van der Waals surface area (Å²) in [6.07, 6.45) is 0.372. The van der Waals surface area contributed by atoms with Crippen molar-refractivity contribution in [1.82, 2.24) is 4.90 Å². The van der Waals surface area contributed by atoms with Gasteiger partial charge in [0.1, 0.15) is 11.7 Å². The normalized spacial score (nSPS) is 19.7. The van der Waals surface area contributed by atoms with E-state index in [1.54, 1.807) is 29.2 Å². The summed E-state index contributed by atoms with van der Waals surface area (Å²) >= 11 is 6.06. The van der Waals surface area contributed by atoms with Gasteiger partial charge in [-0.1, -0.05) is 29.8 Å². The van der Waals surface area contributed by atoms with Crippen LogP contribution in [-0.2, 0) is 0 Å². The highest BCUT2D eigenvalue weighted by atomic mass is 35.5. The molecule has 2 aromatic rings. The van der Waals surface area contributed by atoms with Crippen molar-refractivity contribution in [3.8, 4) is 17.2 Å². The molecule has 0 saturated carbocycles. The molecule has 0 spiro atoms. The maximum Gasteiger partial charge on any atom is 0.253 e. The van der Waals surface area contributed by atoms with Gasteiger partial charge in [0.05, 0.1) is 23.7 Å². The number of rotatable bonds is 3. The molecule has 1 fully saturated rings.